The lowest BCUT2D eigenvalue weighted by Gasteiger charge is -2.33. The number of hydrogen-bond acceptors (Lipinski definition) is 5. The van der Waals surface area contributed by atoms with Gasteiger partial charge in [-0.2, -0.15) is 0 Å². The molecule has 3 aromatic rings. The highest BCUT2D eigenvalue weighted by atomic mass is 35.5. The molecule has 3 aromatic carbocycles. The molecule has 0 unspecified atom stereocenters. The van der Waals surface area contributed by atoms with Crippen LogP contribution < -0.4 is 9.62 Å². The molecule has 1 atom stereocenters. The van der Waals surface area contributed by atoms with Crippen molar-refractivity contribution in [2.24, 2.45) is 0 Å². The van der Waals surface area contributed by atoms with Crippen molar-refractivity contribution in [2.45, 2.75) is 49.6 Å². The first-order valence-corrected chi connectivity index (χ1v) is 16.2. The molecule has 3 rings (SSSR count). The van der Waals surface area contributed by atoms with Crippen molar-refractivity contribution in [3.63, 3.8) is 0 Å². The topological polar surface area (TPSA) is 86.8 Å². The Morgan fingerprint density at radius 1 is 0.975 bits per heavy atom. The second kappa shape index (κ2) is 14.3. The SMILES string of the molecule is CCNC(=O)[C@H](CC)N(Cc1ccc(Cl)cc1Cl)C(=O)CN(c1ccc(C)cc1)S(=O)(=O)c1ccc(SC)cc1. The first-order valence-electron chi connectivity index (χ1n) is 12.8. The maximum Gasteiger partial charge on any atom is 0.264 e. The second-order valence-electron chi connectivity index (χ2n) is 9.10. The average Bonchev–Trinajstić information content (AvgIpc) is 2.93. The van der Waals surface area contributed by atoms with Crippen LogP contribution in [-0.2, 0) is 26.2 Å². The first-order chi connectivity index (χ1) is 19.0. The Kier molecular flexibility index (Phi) is 11.3. The predicted octanol–water partition coefficient (Wildman–Crippen LogP) is 6.16. The average molecular weight is 623 g/mol. The Bertz CT molecular complexity index is 1430. The van der Waals surface area contributed by atoms with Crippen LogP contribution in [0.1, 0.15) is 31.4 Å². The molecule has 1 N–H and O–H groups in total. The Balaban J connectivity index is 2.07. The number of amides is 2. The molecule has 11 heteroatoms. The zero-order chi connectivity index (χ0) is 29.4. The molecule has 0 spiro atoms. The van der Waals surface area contributed by atoms with Gasteiger partial charge in [-0.25, -0.2) is 8.42 Å². The third-order valence-corrected chi connectivity index (χ3v) is 9.46. The summed E-state index contributed by atoms with van der Waals surface area (Å²) in [4.78, 5) is 29.4. The van der Waals surface area contributed by atoms with Gasteiger partial charge >= 0.3 is 0 Å². The summed E-state index contributed by atoms with van der Waals surface area (Å²) in [7, 11) is -4.14. The molecule has 0 radical (unpaired) electrons. The van der Waals surface area contributed by atoms with E-state index in [1.165, 1.54) is 28.8 Å². The van der Waals surface area contributed by atoms with Gasteiger partial charge in [-0.3, -0.25) is 13.9 Å². The predicted molar refractivity (Wildman–Crippen MR) is 164 cm³/mol. The summed E-state index contributed by atoms with van der Waals surface area (Å²) in [5, 5.41) is 3.56. The fraction of sp³-hybridized carbons (Fsp3) is 0.310. The Labute approximate surface area is 250 Å². The van der Waals surface area contributed by atoms with E-state index < -0.39 is 28.5 Å². The zero-order valence-electron chi connectivity index (χ0n) is 22.9. The Hall–Kier alpha value is -2.72. The third kappa shape index (κ3) is 7.72. The van der Waals surface area contributed by atoms with Crippen LogP contribution in [0.2, 0.25) is 10.0 Å². The van der Waals surface area contributed by atoms with Crippen LogP contribution in [0, 0.1) is 6.92 Å². The number of halogens is 2. The van der Waals surface area contributed by atoms with Crippen LogP contribution >= 0.6 is 35.0 Å². The van der Waals surface area contributed by atoms with E-state index in [0.29, 0.717) is 34.3 Å². The molecule has 0 heterocycles. The monoisotopic (exact) mass is 621 g/mol. The summed E-state index contributed by atoms with van der Waals surface area (Å²) in [6, 6.07) is 17.5. The Morgan fingerprint density at radius 2 is 1.62 bits per heavy atom. The molecule has 0 aliphatic carbocycles. The quantitative estimate of drug-likeness (QED) is 0.245. The number of nitrogens with zero attached hydrogens (tertiary/aromatic N) is 2. The maximum atomic E-state index is 14.0. The molecule has 2 amide bonds. The van der Waals surface area contributed by atoms with Crippen molar-refractivity contribution in [1.82, 2.24) is 10.2 Å². The van der Waals surface area contributed by atoms with Gasteiger partial charge in [-0.05, 0) is 80.6 Å². The number of hydrogen-bond donors (Lipinski definition) is 1. The van der Waals surface area contributed by atoms with Crippen molar-refractivity contribution < 1.29 is 18.0 Å². The summed E-state index contributed by atoms with van der Waals surface area (Å²) < 4.78 is 29.0. The van der Waals surface area contributed by atoms with E-state index in [9.17, 15) is 18.0 Å². The number of sulfonamides is 1. The minimum absolute atomic E-state index is 0.00528. The number of carbonyl (C=O) groups excluding carboxylic acids is 2. The highest BCUT2D eigenvalue weighted by Crippen LogP contribution is 2.28. The van der Waals surface area contributed by atoms with Gasteiger partial charge in [0.25, 0.3) is 10.0 Å². The molecular weight excluding hydrogens is 589 g/mol. The van der Waals surface area contributed by atoms with E-state index in [1.54, 1.807) is 68.4 Å². The van der Waals surface area contributed by atoms with E-state index in [-0.39, 0.29) is 17.3 Å². The van der Waals surface area contributed by atoms with Crippen LogP contribution in [-0.4, -0.2) is 50.5 Å². The lowest BCUT2D eigenvalue weighted by Crippen LogP contribution is -2.52. The van der Waals surface area contributed by atoms with Gasteiger partial charge in [-0.1, -0.05) is 53.9 Å². The van der Waals surface area contributed by atoms with Gasteiger partial charge in [0.1, 0.15) is 12.6 Å². The van der Waals surface area contributed by atoms with Crippen molar-refractivity contribution in [3.05, 3.63) is 87.9 Å². The molecule has 0 fully saturated rings. The van der Waals surface area contributed by atoms with E-state index in [2.05, 4.69) is 5.32 Å². The Morgan fingerprint density at radius 3 is 2.17 bits per heavy atom. The maximum absolute atomic E-state index is 14.0. The van der Waals surface area contributed by atoms with E-state index in [4.69, 9.17) is 23.2 Å². The van der Waals surface area contributed by atoms with Crippen molar-refractivity contribution in [2.75, 3.05) is 23.7 Å². The smallest absolute Gasteiger partial charge is 0.264 e. The van der Waals surface area contributed by atoms with Crippen molar-refractivity contribution >= 4 is 62.5 Å². The number of rotatable bonds is 12. The molecule has 0 aliphatic heterocycles. The highest BCUT2D eigenvalue weighted by molar-refractivity contribution is 7.98. The second-order valence-corrected chi connectivity index (χ2v) is 12.7. The number of aryl methyl sites for hydroxylation is 1. The largest absolute Gasteiger partial charge is 0.355 e. The van der Waals surface area contributed by atoms with Crippen LogP contribution in [0.5, 0.6) is 0 Å². The molecule has 0 aliphatic rings. The summed E-state index contributed by atoms with van der Waals surface area (Å²) >= 11 is 14.0. The minimum atomic E-state index is -4.14. The lowest BCUT2D eigenvalue weighted by atomic mass is 10.1. The fourth-order valence-electron chi connectivity index (χ4n) is 4.16. The van der Waals surface area contributed by atoms with Crippen LogP contribution in [0.4, 0.5) is 5.69 Å². The highest BCUT2D eigenvalue weighted by Gasteiger charge is 2.33. The number of likely N-dealkylation sites (N-methyl/N-ethyl adjacent to an activating group) is 1. The lowest BCUT2D eigenvalue weighted by molar-refractivity contribution is -0.140. The number of benzene rings is 3. The van der Waals surface area contributed by atoms with Gasteiger partial charge in [0.15, 0.2) is 0 Å². The summed E-state index contributed by atoms with van der Waals surface area (Å²) in [5.74, 6) is -0.880. The summed E-state index contributed by atoms with van der Waals surface area (Å²) in [6.07, 6.45) is 2.22. The van der Waals surface area contributed by atoms with Crippen LogP contribution in [0.25, 0.3) is 0 Å². The van der Waals surface area contributed by atoms with Gasteiger partial charge in [-0.15, -0.1) is 11.8 Å². The summed E-state index contributed by atoms with van der Waals surface area (Å²) in [6.45, 7) is 5.34. The van der Waals surface area contributed by atoms with Gasteiger partial charge in [0, 0.05) is 28.0 Å². The van der Waals surface area contributed by atoms with Crippen molar-refractivity contribution in [1.29, 1.82) is 0 Å². The van der Waals surface area contributed by atoms with E-state index in [0.717, 1.165) is 14.8 Å². The first kappa shape index (κ1) is 31.8. The minimum Gasteiger partial charge on any atom is -0.355 e. The molecule has 40 heavy (non-hydrogen) atoms. The third-order valence-electron chi connectivity index (χ3n) is 6.34. The standard InChI is InChI=1S/C29H33Cl2N3O4S2/c1-5-27(29(36)32-6-2)33(18-21-9-10-22(30)17-26(21)31)28(35)19-34(23-11-7-20(3)8-12-23)40(37,38)25-15-13-24(39-4)14-16-25/h7-17,27H,5-6,18-19H2,1-4H3,(H,32,36)/t27-/m0/s1. The molecule has 214 valence electrons. The van der Waals surface area contributed by atoms with Crippen molar-refractivity contribution in [3.8, 4) is 0 Å². The molecule has 0 bridgehead atoms. The van der Waals surface area contributed by atoms with Gasteiger partial charge in [0.2, 0.25) is 11.8 Å². The molecule has 7 nitrogen and oxygen atoms in total. The molecular formula is C29H33Cl2N3O4S2. The number of thioether (sulfide) groups is 1. The van der Waals surface area contributed by atoms with Gasteiger partial charge < -0.3 is 10.2 Å². The normalized spacial score (nSPS) is 12.1. The van der Waals surface area contributed by atoms with E-state index in [1.807, 2.05) is 13.2 Å². The number of nitrogens with one attached hydrogen (secondary N) is 1. The molecule has 0 aromatic heterocycles. The van der Waals surface area contributed by atoms with Crippen LogP contribution in [0.15, 0.2) is 76.5 Å². The zero-order valence-corrected chi connectivity index (χ0v) is 26.0. The fourth-order valence-corrected chi connectivity index (χ4v) is 6.45. The number of anilines is 1. The number of carbonyl (C=O) groups is 2. The van der Waals surface area contributed by atoms with Gasteiger partial charge in [0.05, 0.1) is 10.6 Å². The van der Waals surface area contributed by atoms with E-state index >= 15 is 0 Å². The summed E-state index contributed by atoms with van der Waals surface area (Å²) in [5.41, 5.74) is 1.86. The molecule has 0 saturated heterocycles. The van der Waals surface area contributed by atoms with Crippen LogP contribution in [0.3, 0.4) is 0 Å². The molecule has 0 saturated carbocycles.